The molecule has 0 aliphatic carbocycles. The van der Waals surface area contributed by atoms with Crippen molar-refractivity contribution in [3.63, 3.8) is 0 Å². The van der Waals surface area contributed by atoms with E-state index in [1.54, 1.807) is 21.9 Å². The number of aromatic nitrogens is 5. The largest absolute Gasteiger partial charge is 0.343 e. The number of carbonyl (C=O) groups excluding carboxylic acids is 2. The van der Waals surface area contributed by atoms with Gasteiger partial charge in [-0.2, -0.15) is 14.8 Å². The summed E-state index contributed by atoms with van der Waals surface area (Å²) in [6.07, 6.45) is 7.32. The minimum Gasteiger partial charge on any atom is -0.343 e. The Balaban J connectivity index is 1.40. The van der Waals surface area contributed by atoms with Crippen LogP contribution in [0.3, 0.4) is 0 Å². The molecule has 4 aromatic rings. The van der Waals surface area contributed by atoms with Gasteiger partial charge in [-0.1, -0.05) is 6.58 Å². The molecule has 1 aliphatic rings. The number of hydrogen-bond donors (Lipinski definition) is 2. The lowest BCUT2D eigenvalue weighted by atomic mass is 10.0. The molecule has 0 saturated carbocycles. The summed E-state index contributed by atoms with van der Waals surface area (Å²) in [6, 6.07) is 7.98. The van der Waals surface area contributed by atoms with Crippen molar-refractivity contribution in [1.29, 1.82) is 0 Å². The van der Waals surface area contributed by atoms with Crippen LogP contribution in [0.1, 0.15) is 18.0 Å². The molecule has 156 valence electrons. The minimum absolute atomic E-state index is 0.0151. The van der Waals surface area contributed by atoms with Crippen LogP contribution >= 0.6 is 0 Å². The molecule has 5 rings (SSSR count). The number of likely N-dealkylation sites (tertiary alicyclic amines) is 1. The fourth-order valence-electron chi connectivity index (χ4n) is 4.13. The van der Waals surface area contributed by atoms with Crippen molar-refractivity contribution in [2.75, 3.05) is 19.6 Å². The second kappa shape index (κ2) is 7.67. The van der Waals surface area contributed by atoms with Crippen LogP contribution in [0.4, 0.5) is 0 Å². The Kier molecular flexibility index (Phi) is 4.70. The first kappa shape index (κ1) is 19.0. The van der Waals surface area contributed by atoms with Gasteiger partial charge in [0, 0.05) is 48.0 Å². The smallest absolute Gasteiger partial charge is 0.243 e. The number of pyridine rings is 1. The Morgan fingerprint density at radius 3 is 3.03 bits per heavy atom. The highest BCUT2D eigenvalue weighted by Gasteiger charge is 2.28. The van der Waals surface area contributed by atoms with Crippen molar-refractivity contribution in [2.45, 2.75) is 12.3 Å². The number of carbonyl (C=O) groups is 2. The summed E-state index contributed by atoms with van der Waals surface area (Å²) in [5, 5.41) is 12.1. The standard InChI is InChI=1S/C22H21N7O2/c1-2-20(30)24-12-21(31)28-9-6-14(13-28)18-10-16-15(5-8-23-22(16)27-18)17-11-26-29-19(17)4-3-7-25-29/h2-5,7-8,10-11,14H,1,6,9,12-13H2,(H,23,27)(H,24,30). The van der Waals surface area contributed by atoms with Crippen molar-refractivity contribution < 1.29 is 9.59 Å². The summed E-state index contributed by atoms with van der Waals surface area (Å²) in [7, 11) is 0. The number of nitrogens with one attached hydrogen (secondary N) is 2. The predicted molar refractivity (Wildman–Crippen MR) is 115 cm³/mol. The van der Waals surface area contributed by atoms with Gasteiger partial charge < -0.3 is 15.2 Å². The molecule has 2 N–H and O–H groups in total. The molecule has 1 fully saturated rings. The van der Waals surface area contributed by atoms with Crippen LogP contribution in [0.5, 0.6) is 0 Å². The minimum atomic E-state index is -0.346. The maximum absolute atomic E-state index is 12.4. The number of hydrogen-bond acceptors (Lipinski definition) is 5. The molecule has 31 heavy (non-hydrogen) atoms. The van der Waals surface area contributed by atoms with E-state index in [4.69, 9.17) is 0 Å². The third-order valence-electron chi connectivity index (χ3n) is 5.73. The van der Waals surface area contributed by atoms with Crippen molar-refractivity contribution in [3.8, 4) is 11.1 Å². The van der Waals surface area contributed by atoms with E-state index in [1.807, 2.05) is 24.4 Å². The van der Waals surface area contributed by atoms with Gasteiger partial charge in [0.2, 0.25) is 11.8 Å². The lowest BCUT2D eigenvalue weighted by Crippen LogP contribution is -2.38. The topological polar surface area (TPSA) is 108 Å². The van der Waals surface area contributed by atoms with E-state index in [-0.39, 0.29) is 24.3 Å². The van der Waals surface area contributed by atoms with Crippen LogP contribution in [0, 0.1) is 0 Å². The monoisotopic (exact) mass is 415 g/mol. The van der Waals surface area contributed by atoms with Crippen molar-refractivity contribution in [2.24, 2.45) is 0 Å². The first-order chi connectivity index (χ1) is 15.1. The zero-order valence-corrected chi connectivity index (χ0v) is 16.8. The van der Waals surface area contributed by atoms with Gasteiger partial charge >= 0.3 is 0 Å². The molecule has 1 unspecified atom stereocenters. The molecule has 5 heterocycles. The number of H-pyrrole nitrogens is 1. The molecular weight excluding hydrogens is 394 g/mol. The summed E-state index contributed by atoms with van der Waals surface area (Å²) in [5.74, 6) is -0.251. The molecule has 1 atom stereocenters. The number of rotatable bonds is 5. The second-order valence-corrected chi connectivity index (χ2v) is 7.55. The third-order valence-corrected chi connectivity index (χ3v) is 5.73. The Bertz CT molecular complexity index is 1310. The molecule has 0 spiro atoms. The lowest BCUT2D eigenvalue weighted by Gasteiger charge is -2.16. The molecule has 0 aromatic carbocycles. The quantitative estimate of drug-likeness (QED) is 0.484. The van der Waals surface area contributed by atoms with E-state index in [2.05, 4.69) is 38.1 Å². The number of nitrogens with zero attached hydrogens (tertiary/aromatic N) is 5. The van der Waals surface area contributed by atoms with Crippen molar-refractivity contribution in [1.82, 2.24) is 35.0 Å². The van der Waals surface area contributed by atoms with E-state index >= 15 is 0 Å². The van der Waals surface area contributed by atoms with Gasteiger partial charge in [-0.3, -0.25) is 9.59 Å². The van der Waals surface area contributed by atoms with Gasteiger partial charge in [0.15, 0.2) is 0 Å². The Morgan fingerprint density at radius 2 is 2.16 bits per heavy atom. The fourth-order valence-corrected chi connectivity index (χ4v) is 4.13. The predicted octanol–water partition coefficient (Wildman–Crippen LogP) is 1.89. The first-order valence-corrected chi connectivity index (χ1v) is 10.1. The maximum Gasteiger partial charge on any atom is 0.243 e. The SMILES string of the molecule is C=CC(=O)NCC(=O)N1CCC(c2cc3c(-c4cnn5ncccc45)ccnc3[nH]2)C1. The second-order valence-electron chi connectivity index (χ2n) is 7.55. The van der Waals surface area contributed by atoms with Gasteiger partial charge in [-0.15, -0.1) is 0 Å². The molecule has 1 aliphatic heterocycles. The summed E-state index contributed by atoms with van der Waals surface area (Å²) in [6.45, 7) is 4.64. The van der Waals surface area contributed by atoms with Crippen LogP contribution in [-0.2, 0) is 9.59 Å². The van der Waals surface area contributed by atoms with Crippen molar-refractivity contribution in [3.05, 3.63) is 61.2 Å². The van der Waals surface area contributed by atoms with Crippen molar-refractivity contribution >= 4 is 28.4 Å². The molecule has 2 amide bonds. The summed E-state index contributed by atoms with van der Waals surface area (Å²) in [5.41, 5.74) is 4.81. The molecule has 4 aromatic heterocycles. The zero-order chi connectivity index (χ0) is 21.4. The van der Waals surface area contributed by atoms with E-state index < -0.39 is 0 Å². The Labute approximate surface area is 177 Å². The highest BCUT2D eigenvalue weighted by atomic mass is 16.2. The normalized spacial score (nSPS) is 16.1. The zero-order valence-electron chi connectivity index (χ0n) is 16.8. The van der Waals surface area contributed by atoms with E-state index in [0.29, 0.717) is 13.1 Å². The van der Waals surface area contributed by atoms with Crippen LogP contribution in [0.25, 0.3) is 27.7 Å². The Hall–Kier alpha value is -4.01. The van der Waals surface area contributed by atoms with E-state index in [9.17, 15) is 9.59 Å². The molecule has 0 radical (unpaired) electrons. The first-order valence-electron chi connectivity index (χ1n) is 10.1. The average molecular weight is 415 g/mol. The summed E-state index contributed by atoms with van der Waals surface area (Å²) in [4.78, 5) is 33.4. The number of amides is 2. The van der Waals surface area contributed by atoms with Gasteiger partial charge in [-0.25, -0.2) is 4.98 Å². The summed E-state index contributed by atoms with van der Waals surface area (Å²) >= 11 is 0. The molecule has 9 nitrogen and oxygen atoms in total. The van der Waals surface area contributed by atoms with E-state index in [1.165, 1.54) is 0 Å². The van der Waals surface area contributed by atoms with E-state index in [0.717, 1.165) is 45.9 Å². The third kappa shape index (κ3) is 3.43. The number of fused-ring (bicyclic) bond motifs is 2. The molecule has 1 saturated heterocycles. The lowest BCUT2D eigenvalue weighted by molar-refractivity contribution is -0.131. The van der Waals surface area contributed by atoms with Crippen LogP contribution in [-0.4, -0.2) is 61.1 Å². The van der Waals surface area contributed by atoms with Crippen LogP contribution in [0.2, 0.25) is 0 Å². The van der Waals surface area contributed by atoms with Crippen LogP contribution in [0.15, 0.2) is 55.5 Å². The molecular formula is C22H21N7O2. The number of aromatic amines is 1. The van der Waals surface area contributed by atoms with Gasteiger partial charge in [0.1, 0.15) is 5.65 Å². The highest BCUT2D eigenvalue weighted by molar-refractivity contribution is 5.97. The maximum atomic E-state index is 12.4. The van der Waals surface area contributed by atoms with Gasteiger partial charge in [0.05, 0.1) is 18.3 Å². The summed E-state index contributed by atoms with van der Waals surface area (Å²) < 4.78 is 1.61. The van der Waals surface area contributed by atoms with Crippen LogP contribution < -0.4 is 5.32 Å². The molecule has 9 heteroatoms. The van der Waals surface area contributed by atoms with Gasteiger partial charge in [0.25, 0.3) is 0 Å². The van der Waals surface area contributed by atoms with Gasteiger partial charge in [-0.05, 0) is 42.3 Å². The highest BCUT2D eigenvalue weighted by Crippen LogP contribution is 2.34. The Morgan fingerprint density at radius 1 is 1.26 bits per heavy atom. The molecule has 0 bridgehead atoms. The average Bonchev–Trinajstić information content (AvgIpc) is 3.54. The fraction of sp³-hybridized carbons (Fsp3) is 0.227.